The first-order valence-electron chi connectivity index (χ1n) is 7.15. The maximum atomic E-state index is 14.6. The number of hydrogen-bond acceptors (Lipinski definition) is 6. The van der Waals surface area contributed by atoms with Gasteiger partial charge in [-0.2, -0.15) is 0 Å². The standard InChI is InChI=1S/C15H13FN4O3S/c1-24(21,22)14-10-4-6-18-15(17)20(10)13(19-14)12-8-5-7-23-11(8)3-2-9(12)16/h2-4,6H,5,7H2,1H3,(H2,17,18). The summed E-state index contributed by atoms with van der Waals surface area (Å²) in [6, 6.07) is 4.31. The van der Waals surface area contributed by atoms with Crippen LogP contribution in [0.25, 0.3) is 16.9 Å². The lowest BCUT2D eigenvalue weighted by Gasteiger charge is -2.09. The van der Waals surface area contributed by atoms with Crippen molar-refractivity contribution in [2.75, 3.05) is 18.6 Å². The van der Waals surface area contributed by atoms with E-state index in [1.54, 1.807) is 6.07 Å². The molecule has 1 aliphatic rings. The minimum Gasteiger partial charge on any atom is -0.493 e. The van der Waals surface area contributed by atoms with Crippen molar-refractivity contribution in [3.05, 3.63) is 35.8 Å². The minimum absolute atomic E-state index is 0.0285. The fraction of sp³-hybridized carbons (Fsp3) is 0.200. The number of nitrogen functional groups attached to an aromatic ring is 1. The largest absolute Gasteiger partial charge is 0.493 e. The van der Waals surface area contributed by atoms with Crippen LogP contribution in [-0.4, -0.2) is 35.6 Å². The summed E-state index contributed by atoms with van der Waals surface area (Å²) in [4.78, 5) is 8.15. The molecule has 0 unspecified atom stereocenters. The lowest BCUT2D eigenvalue weighted by atomic mass is 10.0. The van der Waals surface area contributed by atoms with Crippen LogP contribution in [-0.2, 0) is 16.3 Å². The van der Waals surface area contributed by atoms with Crippen LogP contribution in [0.15, 0.2) is 29.4 Å². The van der Waals surface area contributed by atoms with Crippen LogP contribution >= 0.6 is 0 Å². The molecule has 0 atom stereocenters. The summed E-state index contributed by atoms with van der Waals surface area (Å²) >= 11 is 0. The molecule has 4 rings (SSSR count). The Labute approximate surface area is 136 Å². The monoisotopic (exact) mass is 348 g/mol. The Morgan fingerprint density at radius 1 is 1.33 bits per heavy atom. The summed E-state index contributed by atoms with van der Waals surface area (Å²) in [6.45, 7) is 0.432. The molecule has 0 aliphatic carbocycles. The first kappa shape index (κ1) is 14.9. The molecule has 0 saturated carbocycles. The van der Waals surface area contributed by atoms with E-state index >= 15 is 0 Å². The zero-order valence-corrected chi connectivity index (χ0v) is 13.5. The molecule has 2 N–H and O–H groups in total. The number of benzene rings is 1. The first-order chi connectivity index (χ1) is 11.4. The second-order valence-electron chi connectivity index (χ2n) is 5.53. The number of aromatic nitrogens is 3. The van der Waals surface area contributed by atoms with E-state index in [0.29, 0.717) is 24.3 Å². The molecule has 0 fully saturated rings. The summed E-state index contributed by atoms with van der Waals surface area (Å²) in [5, 5.41) is -0.164. The molecular formula is C15H13FN4O3S. The molecule has 0 saturated heterocycles. The van der Waals surface area contributed by atoms with Crippen molar-refractivity contribution in [1.82, 2.24) is 14.4 Å². The van der Waals surface area contributed by atoms with Crippen LogP contribution in [0.3, 0.4) is 0 Å². The van der Waals surface area contributed by atoms with Gasteiger partial charge in [0, 0.05) is 24.4 Å². The van der Waals surface area contributed by atoms with Gasteiger partial charge in [-0.3, -0.25) is 4.40 Å². The zero-order chi connectivity index (χ0) is 17.1. The van der Waals surface area contributed by atoms with Crippen LogP contribution in [0.4, 0.5) is 10.3 Å². The van der Waals surface area contributed by atoms with E-state index in [0.717, 1.165) is 6.26 Å². The van der Waals surface area contributed by atoms with Gasteiger partial charge < -0.3 is 10.5 Å². The molecule has 0 radical (unpaired) electrons. The third-order valence-electron chi connectivity index (χ3n) is 3.95. The van der Waals surface area contributed by atoms with Gasteiger partial charge in [0.2, 0.25) is 5.95 Å². The van der Waals surface area contributed by atoms with Gasteiger partial charge in [0.05, 0.1) is 17.7 Å². The van der Waals surface area contributed by atoms with Crippen molar-refractivity contribution in [3.63, 3.8) is 0 Å². The Bertz CT molecular complexity index is 1090. The maximum absolute atomic E-state index is 14.6. The fourth-order valence-corrected chi connectivity index (χ4v) is 3.75. The Kier molecular flexibility index (Phi) is 3.04. The molecule has 124 valence electrons. The zero-order valence-electron chi connectivity index (χ0n) is 12.7. The molecule has 7 nitrogen and oxygen atoms in total. The van der Waals surface area contributed by atoms with Crippen LogP contribution in [0, 0.1) is 5.82 Å². The van der Waals surface area contributed by atoms with Gasteiger partial charge in [-0.1, -0.05) is 0 Å². The van der Waals surface area contributed by atoms with E-state index in [-0.39, 0.29) is 27.9 Å². The number of nitrogens with zero attached hydrogens (tertiary/aromatic N) is 3. The number of ether oxygens (including phenoxy) is 1. The molecule has 1 aliphatic heterocycles. The topological polar surface area (TPSA) is 99.6 Å². The van der Waals surface area contributed by atoms with E-state index in [1.165, 1.54) is 22.7 Å². The molecule has 3 aromatic rings. The molecule has 24 heavy (non-hydrogen) atoms. The third-order valence-corrected chi connectivity index (χ3v) is 4.95. The highest BCUT2D eigenvalue weighted by Crippen LogP contribution is 2.38. The Hall–Kier alpha value is -2.68. The van der Waals surface area contributed by atoms with Crippen LogP contribution in [0.2, 0.25) is 0 Å². The normalized spacial score (nSPS) is 13.9. The average molecular weight is 348 g/mol. The van der Waals surface area contributed by atoms with Gasteiger partial charge in [-0.25, -0.2) is 22.8 Å². The summed E-state index contributed by atoms with van der Waals surface area (Å²) in [5.74, 6) is 0.178. The van der Waals surface area contributed by atoms with Gasteiger partial charge in [0.25, 0.3) is 0 Å². The fourth-order valence-electron chi connectivity index (χ4n) is 2.96. The van der Waals surface area contributed by atoms with E-state index in [9.17, 15) is 12.8 Å². The number of rotatable bonds is 2. The molecule has 9 heteroatoms. The van der Waals surface area contributed by atoms with Crippen molar-refractivity contribution in [2.45, 2.75) is 11.4 Å². The van der Waals surface area contributed by atoms with Crippen LogP contribution < -0.4 is 10.5 Å². The molecule has 3 heterocycles. The van der Waals surface area contributed by atoms with Gasteiger partial charge in [0.15, 0.2) is 20.7 Å². The molecule has 2 aromatic heterocycles. The van der Waals surface area contributed by atoms with Crippen molar-refractivity contribution < 1.29 is 17.5 Å². The van der Waals surface area contributed by atoms with Crippen LogP contribution in [0.5, 0.6) is 5.75 Å². The highest BCUT2D eigenvalue weighted by molar-refractivity contribution is 7.90. The number of anilines is 1. The Balaban J connectivity index is 2.16. The van der Waals surface area contributed by atoms with Crippen LogP contribution in [0.1, 0.15) is 5.56 Å². The van der Waals surface area contributed by atoms with Crippen molar-refractivity contribution in [2.24, 2.45) is 0 Å². The van der Waals surface area contributed by atoms with Gasteiger partial charge in [0.1, 0.15) is 11.6 Å². The highest BCUT2D eigenvalue weighted by Gasteiger charge is 2.28. The van der Waals surface area contributed by atoms with Crippen molar-refractivity contribution in [3.8, 4) is 17.1 Å². The molecule has 0 amide bonds. The molecule has 1 aromatic carbocycles. The van der Waals surface area contributed by atoms with E-state index in [4.69, 9.17) is 10.5 Å². The molecular weight excluding hydrogens is 335 g/mol. The molecule has 0 bridgehead atoms. The molecule has 0 spiro atoms. The maximum Gasteiger partial charge on any atom is 0.206 e. The lowest BCUT2D eigenvalue weighted by Crippen LogP contribution is -2.03. The lowest BCUT2D eigenvalue weighted by molar-refractivity contribution is 0.356. The predicted octanol–water partition coefficient (Wildman–Crippen LogP) is 1.46. The number of hydrogen-bond donors (Lipinski definition) is 1. The average Bonchev–Trinajstić information content (AvgIpc) is 3.11. The Morgan fingerprint density at radius 3 is 2.88 bits per heavy atom. The van der Waals surface area contributed by atoms with Gasteiger partial charge in [-0.05, 0) is 18.2 Å². The smallest absolute Gasteiger partial charge is 0.206 e. The van der Waals surface area contributed by atoms with E-state index in [1.807, 2.05) is 0 Å². The van der Waals surface area contributed by atoms with Gasteiger partial charge in [-0.15, -0.1) is 0 Å². The predicted molar refractivity (Wildman–Crippen MR) is 85.1 cm³/mol. The number of nitrogens with two attached hydrogens (primary N) is 1. The number of imidazole rings is 1. The third kappa shape index (κ3) is 2.04. The number of fused-ring (bicyclic) bond motifs is 2. The summed E-state index contributed by atoms with van der Waals surface area (Å²) in [6.07, 6.45) is 2.94. The second-order valence-corrected chi connectivity index (χ2v) is 7.46. The summed E-state index contributed by atoms with van der Waals surface area (Å²) in [5.41, 5.74) is 7.00. The summed E-state index contributed by atoms with van der Waals surface area (Å²) < 4.78 is 45.5. The van der Waals surface area contributed by atoms with Gasteiger partial charge >= 0.3 is 0 Å². The first-order valence-corrected chi connectivity index (χ1v) is 9.04. The van der Waals surface area contributed by atoms with E-state index in [2.05, 4.69) is 9.97 Å². The highest BCUT2D eigenvalue weighted by atomic mass is 32.2. The minimum atomic E-state index is -3.63. The summed E-state index contributed by atoms with van der Waals surface area (Å²) in [7, 11) is -3.63. The number of halogens is 1. The number of sulfone groups is 1. The van der Waals surface area contributed by atoms with E-state index < -0.39 is 15.7 Å². The van der Waals surface area contributed by atoms with Crippen molar-refractivity contribution >= 4 is 21.3 Å². The quantitative estimate of drug-likeness (QED) is 0.752. The Morgan fingerprint density at radius 2 is 2.12 bits per heavy atom. The van der Waals surface area contributed by atoms with Crippen molar-refractivity contribution in [1.29, 1.82) is 0 Å². The SMILES string of the molecule is CS(=O)(=O)c1nc(-c2c(F)ccc3c2CCO3)n2c(N)nccc12. The second kappa shape index (κ2) is 4.91.